The highest BCUT2D eigenvalue weighted by atomic mass is 16.5. The van der Waals surface area contributed by atoms with E-state index in [-0.39, 0.29) is 10.8 Å². The van der Waals surface area contributed by atoms with E-state index in [9.17, 15) is 0 Å². The molecule has 0 saturated carbocycles. The summed E-state index contributed by atoms with van der Waals surface area (Å²) in [6, 6.07) is 71.0. The molecule has 8 rings (SSSR count). The van der Waals surface area contributed by atoms with Crippen LogP contribution in [0, 0.1) is 11.8 Å². The van der Waals surface area contributed by atoms with E-state index in [1.807, 2.05) is 0 Å². The van der Waals surface area contributed by atoms with Crippen molar-refractivity contribution in [2.45, 2.75) is 137 Å². The van der Waals surface area contributed by atoms with Crippen LogP contribution in [0.4, 0.5) is 17.1 Å². The highest BCUT2D eigenvalue weighted by Gasteiger charge is 2.23. The van der Waals surface area contributed by atoms with Crippen LogP contribution in [0.15, 0.2) is 206 Å². The Balaban J connectivity index is 1.01. The van der Waals surface area contributed by atoms with Crippen molar-refractivity contribution in [2.24, 2.45) is 11.8 Å². The van der Waals surface area contributed by atoms with E-state index in [0.29, 0.717) is 12.5 Å². The van der Waals surface area contributed by atoms with Crippen molar-refractivity contribution in [3.05, 3.63) is 245 Å². The molecular formula is C79H91NO2. The highest BCUT2D eigenvalue weighted by molar-refractivity contribution is 5.81. The predicted octanol–water partition coefficient (Wildman–Crippen LogP) is 22.8. The number of ether oxygens (including phenoxy) is 2. The topological polar surface area (TPSA) is 21.7 Å². The van der Waals surface area contributed by atoms with E-state index in [4.69, 9.17) is 9.47 Å². The summed E-state index contributed by atoms with van der Waals surface area (Å²) < 4.78 is 12.8. The molecule has 0 saturated heterocycles. The number of hydrogen-bond acceptors (Lipinski definition) is 3. The molecule has 3 heteroatoms. The van der Waals surface area contributed by atoms with Gasteiger partial charge in [-0.15, -0.1) is 0 Å². The fourth-order valence-electron chi connectivity index (χ4n) is 11.0. The van der Waals surface area contributed by atoms with Gasteiger partial charge in [-0.25, -0.2) is 0 Å². The van der Waals surface area contributed by atoms with Gasteiger partial charge in [0.25, 0.3) is 0 Å². The smallest absolute Gasteiger partial charge is 0.127 e. The average Bonchev–Trinajstić information content (AvgIpc) is 3.59. The fraction of sp³-hybridized carbons (Fsp3) is 0.316. The number of benzene rings is 8. The first-order valence-corrected chi connectivity index (χ1v) is 30.7. The van der Waals surface area contributed by atoms with E-state index >= 15 is 0 Å². The third-order valence-electron chi connectivity index (χ3n) is 17.0. The summed E-state index contributed by atoms with van der Waals surface area (Å²) in [5.41, 5.74) is 16.3. The lowest BCUT2D eigenvalue weighted by molar-refractivity contribution is 0.275. The van der Waals surface area contributed by atoms with E-state index in [0.717, 1.165) is 76.9 Å². The summed E-state index contributed by atoms with van der Waals surface area (Å²) in [6.45, 7) is 19.1. The van der Waals surface area contributed by atoms with Gasteiger partial charge in [-0.2, -0.15) is 0 Å². The van der Waals surface area contributed by atoms with Crippen molar-refractivity contribution < 1.29 is 9.47 Å². The Morgan fingerprint density at radius 2 is 0.939 bits per heavy atom. The third-order valence-corrected chi connectivity index (χ3v) is 17.0. The molecule has 0 aliphatic heterocycles. The summed E-state index contributed by atoms with van der Waals surface area (Å²) in [5.74, 6) is 3.05. The molecule has 3 atom stereocenters. The van der Waals surface area contributed by atoms with Crippen LogP contribution in [0.5, 0.6) is 11.5 Å². The Kier molecular flexibility index (Phi) is 22.1. The number of nitrogens with zero attached hydrogens (tertiary/aromatic N) is 1. The van der Waals surface area contributed by atoms with Gasteiger partial charge in [0.1, 0.15) is 11.5 Å². The molecule has 0 radical (unpaired) electrons. The van der Waals surface area contributed by atoms with Crippen LogP contribution in [-0.4, -0.2) is 13.7 Å². The normalized spacial score (nSPS) is 13.6. The number of hydrogen-bond donors (Lipinski definition) is 0. The van der Waals surface area contributed by atoms with Gasteiger partial charge >= 0.3 is 0 Å². The van der Waals surface area contributed by atoms with E-state index in [2.05, 4.69) is 291 Å². The highest BCUT2D eigenvalue weighted by Crippen LogP contribution is 2.39. The zero-order chi connectivity index (χ0) is 57.7. The van der Waals surface area contributed by atoms with Crippen LogP contribution in [0.2, 0.25) is 0 Å². The Hall–Kier alpha value is -7.62. The van der Waals surface area contributed by atoms with Gasteiger partial charge in [-0.1, -0.05) is 276 Å². The Bertz CT molecular complexity index is 3260. The number of unbranched alkanes of at least 4 members (excludes halogenated alkanes) is 3. The van der Waals surface area contributed by atoms with Gasteiger partial charge in [-0.05, 0) is 143 Å². The number of anilines is 3. The molecule has 0 spiro atoms. The van der Waals surface area contributed by atoms with Crippen LogP contribution < -0.4 is 14.4 Å². The minimum absolute atomic E-state index is 0.0601. The second-order valence-electron chi connectivity index (χ2n) is 23.6. The molecule has 0 aromatic heterocycles. The van der Waals surface area contributed by atoms with Crippen molar-refractivity contribution >= 4 is 41.4 Å². The number of aryl methyl sites for hydroxylation is 1. The summed E-state index contributed by atoms with van der Waals surface area (Å²) in [6.07, 6.45) is 26.5. The molecule has 0 N–H and O–H groups in total. The standard InChI is InChI=1S/C79H91NO2/c1-10-13-14-17-27-63-33-46-73(47-34-63)80(75-50-42-68(43-51-75)66-38-44-72(45-39-66)78(7,11-2)55-52-62-25-18-15-19-26-62)74-48-40-67(41-49-74)65-35-30-64(31-36-65)32-37-69-59-77(82-57-54-61(6)24-22-23-60(4)5)70(58-76(69)81-9)53-56-79(8,12-3)71-28-20-16-21-29-71/h15-16,18-21,25-26,28-53,55-56,58-61H,10-14,17,22-24,27,54,57H2,1-9H3. The first kappa shape index (κ1) is 60.5. The number of rotatable bonds is 29. The van der Waals surface area contributed by atoms with Crippen LogP contribution >= 0.6 is 0 Å². The maximum Gasteiger partial charge on any atom is 0.127 e. The molecule has 0 aliphatic rings. The number of methoxy groups -OCH3 is 1. The molecule has 0 amide bonds. The first-order chi connectivity index (χ1) is 39.9. The molecule has 8 aromatic rings. The van der Waals surface area contributed by atoms with E-state index in [1.54, 1.807) is 7.11 Å². The maximum atomic E-state index is 6.70. The second-order valence-corrected chi connectivity index (χ2v) is 23.6. The van der Waals surface area contributed by atoms with E-state index in [1.165, 1.54) is 89.5 Å². The summed E-state index contributed by atoms with van der Waals surface area (Å²) in [5, 5.41) is 0. The van der Waals surface area contributed by atoms with Crippen molar-refractivity contribution in [1.82, 2.24) is 0 Å². The Morgan fingerprint density at radius 3 is 1.49 bits per heavy atom. The van der Waals surface area contributed by atoms with Gasteiger partial charge in [-0.3, -0.25) is 0 Å². The molecule has 0 fully saturated rings. The molecule has 3 unspecified atom stereocenters. The van der Waals surface area contributed by atoms with Gasteiger partial charge in [0, 0.05) is 39.0 Å². The maximum absolute atomic E-state index is 6.70. The predicted molar refractivity (Wildman–Crippen MR) is 356 cm³/mol. The summed E-state index contributed by atoms with van der Waals surface area (Å²) in [7, 11) is 1.76. The molecular weight excluding hydrogens is 995 g/mol. The van der Waals surface area contributed by atoms with E-state index < -0.39 is 0 Å². The lowest BCUT2D eigenvalue weighted by atomic mass is 9.79. The van der Waals surface area contributed by atoms with Crippen molar-refractivity contribution in [3.8, 4) is 33.8 Å². The molecule has 0 bridgehead atoms. The molecule has 8 aromatic carbocycles. The Labute approximate surface area is 494 Å². The zero-order valence-electron chi connectivity index (χ0n) is 50.8. The first-order valence-electron chi connectivity index (χ1n) is 30.7. The quantitative estimate of drug-likeness (QED) is 0.0345. The second kappa shape index (κ2) is 29.9. The third kappa shape index (κ3) is 16.5. The Morgan fingerprint density at radius 1 is 0.451 bits per heavy atom. The van der Waals surface area contributed by atoms with Gasteiger partial charge in [0.2, 0.25) is 0 Å². The lowest BCUT2D eigenvalue weighted by Crippen LogP contribution is -2.17. The van der Waals surface area contributed by atoms with Crippen molar-refractivity contribution in [1.29, 1.82) is 0 Å². The zero-order valence-corrected chi connectivity index (χ0v) is 50.8. The number of allylic oxidation sites excluding steroid dienone is 2. The largest absolute Gasteiger partial charge is 0.496 e. The minimum atomic E-state index is -0.119. The molecule has 424 valence electrons. The average molecular weight is 1090 g/mol. The fourth-order valence-corrected chi connectivity index (χ4v) is 11.0. The molecule has 0 heterocycles. The monoisotopic (exact) mass is 1090 g/mol. The van der Waals surface area contributed by atoms with Crippen LogP contribution in [0.1, 0.15) is 159 Å². The SMILES string of the molecule is CCCCCCc1ccc(N(c2ccc(-c3ccc(C=Cc4cc(OCCC(C)CCCC(C)C)c(C=CC(C)(CC)c5ccccc5)cc4OC)cc3)cc2)c2ccc(-c3ccc(C(C)(C=Cc4ccccc4)CC)cc3)cc2)cc1. The van der Waals surface area contributed by atoms with Crippen LogP contribution in [0.3, 0.4) is 0 Å². The van der Waals surface area contributed by atoms with Gasteiger partial charge in [0.15, 0.2) is 0 Å². The van der Waals surface area contributed by atoms with Crippen LogP contribution in [-0.2, 0) is 17.3 Å². The summed E-state index contributed by atoms with van der Waals surface area (Å²) in [4.78, 5) is 2.38. The molecule has 0 aliphatic carbocycles. The van der Waals surface area contributed by atoms with Crippen LogP contribution in [0.25, 0.3) is 46.6 Å². The van der Waals surface area contributed by atoms with Gasteiger partial charge < -0.3 is 14.4 Å². The molecule has 82 heavy (non-hydrogen) atoms. The van der Waals surface area contributed by atoms with Crippen molar-refractivity contribution in [2.75, 3.05) is 18.6 Å². The minimum Gasteiger partial charge on any atom is -0.496 e. The van der Waals surface area contributed by atoms with Gasteiger partial charge in [0.05, 0.1) is 13.7 Å². The van der Waals surface area contributed by atoms with Crippen molar-refractivity contribution in [3.63, 3.8) is 0 Å². The lowest BCUT2D eigenvalue weighted by Gasteiger charge is -2.26. The molecule has 3 nitrogen and oxygen atoms in total. The summed E-state index contributed by atoms with van der Waals surface area (Å²) >= 11 is 0.